The van der Waals surface area contributed by atoms with E-state index in [-0.39, 0.29) is 0 Å². The highest BCUT2D eigenvalue weighted by Crippen LogP contribution is 2.24. The van der Waals surface area contributed by atoms with E-state index in [1.807, 2.05) is 0 Å². The molecule has 1 rings (SSSR count). The molecule has 0 spiro atoms. The average Bonchev–Trinajstić information content (AvgIpc) is 2.31. The monoisotopic (exact) mass is 171 g/mol. The molecule has 1 aliphatic rings. The first-order valence-corrected chi connectivity index (χ1v) is 4.54. The molecule has 1 atom stereocenters. The summed E-state index contributed by atoms with van der Waals surface area (Å²) in [5, 5.41) is 12.1. The van der Waals surface area contributed by atoms with Crippen molar-refractivity contribution in [3.63, 3.8) is 0 Å². The van der Waals surface area contributed by atoms with Crippen molar-refractivity contribution in [2.24, 2.45) is 11.1 Å². The first kappa shape index (κ1) is 9.52. The van der Waals surface area contributed by atoms with E-state index in [1.165, 1.54) is 12.8 Å². The molecule has 1 N–H and O–H groups in total. The van der Waals surface area contributed by atoms with Gasteiger partial charge >= 0.3 is 0 Å². The Bertz CT molecular complexity index is 181. The lowest BCUT2D eigenvalue weighted by Gasteiger charge is -2.27. The minimum absolute atomic E-state index is 0.509. The zero-order valence-corrected chi connectivity index (χ0v) is 8.25. The van der Waals surface area contributed by atoms with Gasteiger partial charge in [0.2, 0.25) is 0 Å². The van der Waals surface area contributed by atoms with Gasteiger partial charge in [-0.3, -0.25) is 0 Å². The first-order chi connectivity index (χ1) is 5.53. The fourth-order valence-electron chi connectivity index (χ4n) is 1.89. The van der Waals surface area contributed by atoms with Crippen LogP contribution in [0.1, 0.15) is 19.3 Å². The van der Waals surface area contributed by atoms with Crippen LogP contribution in [0.5, 0.6) is 0 Å². The maximum absolute atomic E-state index is 8.71. The van der Waals surface area contributed by atoms with Crippen LogP contribution in [0.4, 0.5) is 0 Å². The van der Waals surface area contributed by atoms with E-state index in [0.717, 1.165) is 23.2 Å². The molecule has 0 aromatic carbocycles. The third-order valence-electron chi connectivity index (χ3n) is 2.35. The first-order valence-electron chi connectivity index (χ1n) is 4.54. The van der Waals surface area contributed by atoms with Crippen LogP contribution in [-0.2, 0) is 0 Å². The van der Waals surface area contributed by atoms with Gasteiger partial charge in [0, 0.05) is 5.92 Å². The van der Waals surface area contributed by atoms with E-state index in [2.05, 4.69) is 26.3 Å². The van der Waals surface area contributed by atoms with Crippen LogP contribution in [0.3, 0.4) is 0 Å². The third-order valence-corrected chi connectivity index (χ3v) is 2.35. The second-order valence-corrected chi connectivity index (χ2v) is 4.65. The van der Waals surface area contributed by atoms with Crippen LogP contribution in [0.15, 0.2) is 5.16 Å². The molecule has 12 heavy (non-hydrogen) atoms. The van der Waals surface area contributed by atoms with Crippen molar-refractivity contribution < 1.29 is 9.69 Å². The van der Waals surface area contributed by atoms with E-state index in [0.29, 0.717) is 5.92 Å². The highest BCUT2D eigenvalue weighted by atomic mass is 16.4. The van der Waals surface area contributed by atoms with Gasteiger partial charge in [-0.25, -0.2) is 0 Å². The van der Waals surface area contributed by atoms with Gasteiger partial charge in [-0.1, -0.05) is 5.16 Å². The van der Waals surface area contributed by atoms with Crippen LogP contribution >= 0.6 is 0 Å². The Morgan fingerprint density at radius 1 is 1.50 bits per heavy atom. The fraction of sp³-hybridized carbons (Fsp3) is 0.889. The topological polar surface area (TPSA) is 32.6 Å². The van der Waals surface area contributed by atoms with Crippen LogP contribution in [0, 0.1) is 5.92 Å². The predicted molar refractivity (Wildman–Crippen MR) is 49.5 cm³/mol. The lowest BCUT2D eigenvalue weighted by Crippen LogP contribution is -2.40. The molecule has 1 aliphatic carbocycles. The van der Waals surface area contributed by atoms with E-state index in [4.69, 9.17) is 5.21 Å². The van der Waals surface area contributed by atoms with Crippen molar-refractivity contribution in [2.75, 3.05) is 27.7 Å². The van der Waals surface area contributed by atoms with Crippen molar-refractivity contribution in [1.82, 2.24) is 0 Å². The Hall–Kier alpha value is -0.570. The standard InChI is InChI=1S/C9H18N2O/c1-11(2,3)7-8-5-4-6-9(8)10-12/h8H,4-7H2,1-3H3/p+1/b10-9+. The number of oxime groups is 1. The molecule has 1 unspecified atom stereocenters. The molecule has 0 heterocycles. The molecule has 0 aliphatic heterocycles. The lowest BCUT2D eigenvalue weighted by molar-refractivity contribution is -0.872. The Balaban J connectivity index is 2.52. The van der Waals surface area contributed by atoms with Crippen LogP contribution in [-0.4, -0.2) is 43.1 Å². The molecule has 1 saturated carbocycles. The molecule has 0 radical (unpaired) electrons. The number of nitrogens with zero attached hydrogens (tertiary/aromatic N) is 2. The van der Waals surface area contributed by atoms with Gasteiger partial charge in [0.15, 0.2) is 0 Å². The smallest absolute Gasteiger partial charge is 0.0863 e. The van der Waals surface area contributed by atoms with E-state index >= 15 is 0 Å². The summed E-state index contributed by atoms with van der Waals surface area (Å²) in [6.07, 6.45) is 3.36. The van der Waals surface area contributed by atoms with Gasteiger partial charge in [0.05, 0.1) is 33.4 Å². The zero-order valence-electron chi connectivity index (χ0n) is 8.25. The normalized spacial score (nSPS) is 28.2. The summed E-state index contributed by atoms with van der Waals surface area (Å²) in [7, 11) is 6.52. The van der Waals surface area contributed by atoms with E-state index in [1.54, 1.807) is 0 Å². The molecule has 0 saturated heterocycles. The molecule has 0 amide bonds. The minimum Gasteiger partial charge on any atom is -0.411 e. The average molecular weight is 171 g/mol. The summed E-state index contributed by atoms with van der Waals surface area (Å²) in [5.74, 6) is 0.509. The molecular weight excluding hydrogens is 152 g/mol. The van der Waals surface area contributed by atoms with Crippen molar-refractivity contribution >= 4 is 5.71 Å². The van der Waals surface area contributed by atoms with E-state index in [9.17, 15) is 0 Å². The van der Waals surface area contributed by atoms with Gasteiger partial charge in [0.25, 0.3) is 0 Å². The van der Waals surface area contributed by atoms with Gasteiger partial charge in [0.1, 0.15) is 0 Å². The quantitative estimate of drug-likeness (QED) is 0.379. The highest BCUT2D eigenvalue weighted by molar-refractivity contribution is 5.88. The maximum Gasteiger partial charge on any atom is 0.0863 e. The van der Waals surface area contributed by atoms with Gasteiger partial charge in [-0.15, -0.1) is 0 Å². The van der Waals surface area contributed by atoms with Crippen molar-refractivity contribution in [1.29, 1.82) is 0 Å². The summed E-state index contributed by atoms with van der Waals surface area (Å²) in [6.45, 7) is 1.08. The van der Waals surface area contributed by atoms with Gasteiger partial charge < -0.3 is 9.69 Å². The summed E-state index contributed by atoms with van der Waals surface area (Å²) in [4.78, 5) is 0. The molecule has 0 bridgehead atoms. The van der Waals surface area contributed by atoms with Crippen LogP contribution in [0.25, 0.3) is 0 Å². The molecule has 3 heteroatoms. The number of rotatable bonds is 2. The second-order valence-electron chi connectivity index (χ2n) is 4.65. The Labute approximate surface area is 74.3 Å². The Morgan fingerprint density at radius 2 is 2.17 bits per heavy atom. The van der Waals surface area contributed by atoms with Crippen molar-refractivity contribution in [3.05, 3.63) is 0 Å². The maximum atomic E-state index is 8.71. The van der Waals surface area contributed by atoms with Crippen molar-refractivity contribution in [2.45, 2.75) is 19.3 Å². The van der Waals surface area contributed by atoms with Crippen LogP contribution < -0.4 is 0 Å². The summed E-state index contributed by atoms with van der Waals surface area (Å²) < 4.78 is 0.948. The minimum atomic E-state index is 0.509. The van der Waals surface area contributed by atoms with E-state index < -0.39 is 0 Å². The van der Waals surface area contributed by atoms with Crippen molar-refractivity contribution in [3.8, 4) is 0 Å². The fourth-order valence-corrected chi connectivity index (χ4v) is 1.89. The second kappa shape index (κ2) is 3.44. The zero-order chi connectivity index (χ0) is 9.19. The van der Waals surface area contributed by atoms with Gasteiger partial charge in [-0.2, -0.15) is 0 Å². The Kier molecular flexibility index (Phi) is 2.73. The molecule has 0 aromatic rings. The number of hydrogen-bond donors (Lipinski definition) is 1. The van der Waals surface area contributed by atoms with Crippen LogP contribution in [0.2, 0.25) is 0 Å². The largest absolute Gasteiger partial charge is 0.411 e. The SMILES string of the molecule is C[N+](C)(C)CC1CCC/C1=N\O. The van der Waals surface area contributed by atoms with Gasteiger partial charge in [-0.05, 0) is 19.3 Å². The molecular formula is C9H19N2O+. The summed E-state index contributed by atoms with van der Waals surface area (Å²) in [6, 6.07) is 0. The predicted octanol–water partition coefficient (Wildman–Crippen LogP) is 1.32. The number of quaternary nitrogens is 1. The third kappa shape index (κ3) is 2.48. The highest BCUT2D eigenvalue weighted by Gasteiger charge is 2.28. The summed E-state index contributed by atoms with van der Waals surface area (Å²) >= 11 is 0. The molecule has 0 aromatic heterocycles. The Morgan fingerprint density at radius 3 is 2.67 bits per heavy atom. The lowest BCUT2D eigenvalue weighted by atomic mass is 10.1. The summed E-state index contributed by atoms with van der Waals surface area (Å²) in [5.41, 5.74) is 1.00. The molecule has 3 nitrogen and oxygen atoms in total. The molecule has 70 valence electrons. The molecule has 1 fully saturated rings. The number of hydrogen-bond acceptors (Lipinski definition) is 2.